The van der Waals surface area contributed by atoms with Crippen molar-refractivity contribution in [2.24, 2.45) is 5.11 Å². The lowest BCUT2D eigenvalue weighted by Gasteiger charge is -2.05. The Hall–Kier alpha value is -6.75. The van der Waals surface area contributed by atoms with Gasteiger partial charge in [0.25, 0.3) is 0 Å². The van der Waals surface area contributed by atoms with Gasteiger partial charge in [-0.2, -0.15) is 0 Å². The van der Waals surface area contributed by atoms with Gasteiger partial charge in [-0.1, -0.05) is 51.9 Å². The van der Waals surface area contributed by atoms with E-state index in [1.165, 1.54) is 22.3 Å². The van der Waals surface area contributed by atoms with Gasteiger partial charge in [0.2, 0.25) is 0 Å². The van der Waals surface area contributed by atoms with Crippen LogP contribution in [0.4, 0.5) is 5.69 Å². The number of fused-ring (bicyclic) bond motifs is 3. The Balaban J connectivity index is 0.000000306. The minimum absolute atomic E-state index is 0.0161. The van der Waals surface area contributed by atoms with Crippen molar-refractivity contribution >= 4 is 5.69 Å². The molecule has 0 fully saturated rings. The summed E-state index contributed by atoms with van der Waals surface area (Å²) in [6, 6.07) is 35.2. The average molecular weight is 662 g/mol. The molecular weight excluding hydrogens is 630 g/mol. The van der Waals surface area contributed by atoms with Crippen molar-refractivity contribution in [1.82, 2.24) is 30.0 Å². The predicted molar refractivity (Wildman–Crippen MR) is 190 cm³/mol. The molecular formula is C38H31N9O3. The smallest absolute Gasteiger partial charge is 0.119 e. The largest absolute Gasteiger partial charge is 0.497 e. The SMILES string of the molecule is COc1ccc(-n2cc(-c3ccc4c(c3)-c3cc(-c5cn(-c6ccc(CO)cc6)nn5)ccc3C4)nn2)cc1.COc1ccc(N=[N+]=[N-])cc1. The maximum atomic E-state index is 9.30. The van der Waals surface area contributed by atoms with E-state index in [0.29, 0.717) is 5.69 Å². The van der Waals surface area contributed by atoms with E-state index in [0.717, 1.165) is 57.4 Å². The molecule has 12 nitrogen and oxygen atoms in total. The lowest BCUT2D eigenvalue weighted by Crippen LogP contribution is -1.95. The number of aliphatic hydroxyl groups is 1. The van der Waals surface area contributed by atoms with Crippen LogP contribution in [0.15, 0.2) is 127 Å². The first kappa shape index (κ1) is 31.8. The number of aliphatic hydroxyl groups excluding tert-OH is 1. The quantitative estimate of drug-likeness (QED) is 0.0989. The van der Waals surface area contributed by atoms with Gasteiger partial charge in [0.15, 0.2) is 0 Å². The van der Waals surface area contributed by atoms with Crippen molar-refractivity contribution in [3.8, 4) is 56.5 Å². The maximum absolute atomic E-state index is 9.30. The maximum Gasteiger partial charge on any atom is 0.119 e. The first-order valence-corrected chi connectivity index (χ1v) is 15.7. The van der Waals surface area contributed by atoms with E-state index in [1.807, 2.05) is 60.9 Å². The summed E-state index contributed by atoms with van der Waals surface area (Å²) in [5, 5.41) is 30.2. The molecule has 2 aromatic heterocycles. The first-order chi connectivity index (χ1) is 24.5. The number of azide groups is 1. The molecule has 50 heavy (non-hydrogen) atoms. The van der Waals surface area contributed by atoms with Gasteiger partial charge in [-0.25, -0.2) is 9.36 Å². The fourth-order valence-corrected chi connectivity index (χ4v) is 5.72. The molecule has 0 aliphatic heterocycles. The minimum atomic E-state index is 0.0161. The molecule has 0 saturated carbocycles. The van der Waals surface area contributed by atoms with E-state index in [4.69, 9.17) is 15.0 Å². The Labute approximate surface area is 287 Å². The fraction of sp³-hybridized carbons (Fsp3) is 0.105. The molecule has 0 amide bonds. The molecule has 1 N–H and O–H groups in total. The second-order valence-corrected chi connectivity index (χ2v) is 11.4. The van der Waals surface area contributed by atoms with Gasteiger partial charge in [-0.15, -0.1) is 10.2 Å². The Morgan fingerprint density at radius 2 is 1.16 bits per heavy atom. The zero-order valence-electron chi connectivity index (χ0n) is 27.2. The van der Waals surface area contributed by atoms with Crippen LogP contribution in [0.5, 0.6) is 11.5 Å². The second-order valence-electron chi connectivity index (χ2n) is 11.4. The van der Waals surface area contributed by atoms with Gasteiger partial charge in [-0.3, -0.25) is 0 Å². The third kappa shape index (κ3) is 6.65. The molecule has 0 bridgehead atoms. The third-order valence-corrected chi connectivity index (χ3v) is 8.42. The summed E-state index contributed by atoms with van der Waals surface area (Å²) in [6.45, 7) is 0.0161. The van der Waals surface area contributed by atoms with Crippen LogP contribution in [-0.2, 0) is 13.0 Å². The molecule has 0 saturated heterocycles. The number of rotatable bonds is 8. The van der Waals surface area contributed by atoms with E-state index < -0.39 is 0 Å². The van der Waals surface area contributed by atoms with Gasteiger partial charge in [-0.05, 0) is 113 Å². The highest BCUT2D eigenvalue weighted by Gasteiger charge is 2.21. The van der Waals surface area contributed by atoms with Crippen LogP contribution in [0, 0.1) is 0 Å². The Morgan fingerprint density at radius 1 is 0.680 bits per heavy atom. The molecule has 2 heterocycles. The summed E-state index contributed by atoms with van der Waals surface area (Å²) in [6.07, 6.45) is 4.77. The topological polar surface area (TPSA) is 149 Å². The zero-order chi connectivity index (χ0) is 34.5. The molecule has 5 aromatic carbocycles. The molecule has 12 heteroatoms. The van der Waals surface area contributed by atoms with Crippen molar-refractivity contribution in [2.75, 3.05) is 14.2 Å². The van der Waals surface area contributed by atoms with Crippen LogP contribution in [-0.4, -0.2) is 49.3 Å². The van der Waals surface area contributed by atoms with Gasteiger partial charge >= 0.3 is 0 Å². The molecule has 0 unspecified atom stereocenters. The summed E-state index contributed by atoms with van der Waals surface area (Å²) >= 11 is 0. The highest BCUT2D eigenvalue weighted by Crippen LogP contribution is 2.40. The van der Waals surface area contributed by atoms with E-state index in [1.54, 1.807) is 47.8 Å². The Morgan fingerprint density at radius 3 is 1.62 bits per heavy atom. The van der Waals surface area contributed by atoms with Gasteiger partial charge in [0.05, 0.1) is 44.6 Å². The number of hydrogen-bond acceptors (Lipinski definition) is 8. The van der Waals surface area contributed by atoms with Crippen LogP contribution >= 0.6 is 0 Å². The van der Waals surface area contributed by atoms with Crippen molar-refractivity contribution in [2.45, 2.75) is 13.0 Å². The number of benzene rings is 5. The van der Waals surface area contributed by atoms with Crippen molar-refractivity contribution in [3.63, 3.8) is 0 Å². The van der Waals surface area contributed by atoms with Crippen LogP contribution in [0.3, 0.4) is 0 Å². The summed E-state index contributed by atoms with van der Waals surface area (Å²) < 4.78 is 13.7. The summed E-state index contributed by atoms with van der Waals surface area (Å²) in [4.78, 5) is 2.65. The first-order valence-electron chi connectivity index (χ1n) is 15.7. The lowest BCUT2D eigenvalue weighted by atomic mass is 9.99. The molecule has 7 aromatic rings. The molecule has 8 rings (SSSR count). The van der Waals surface area contributed by atoms with Crippen LogP contribution < -0.4 is 9.47 Å². The average Bonchev–Trinajstić information content (AvgIpc) is 3.95. The number of ether oxygens (including phenoxy) is 2. The summed E-state index contributed by atoms with van der Waals surface area (Å²) in [7, 11) is 3.24. The van der Waals surface area contributed by atoms with Crippen molar-refractivity contribution < 1.29 is 14.6 Å². The van der Waals surface area contributed by atoms with Crippen molar-refractivity contribution in [3.05, 3.63) is 149 Å². The van der Waals surface area contributed by atoms with Crippen molar-refractivity contribution in [1.29, 1.82) is 0 Å². The van der Waals surface area contributed by atoms with Gasteiger partial charge in [0, 0.05) is 21.7 Å². The van der Waals surface area contributed by atoms with Gasteiger partial charge < -0.3 is 14.6 Å². The molecule has 0 atom stereocenters. The van der Waals surface area contributed by atoms with E-state index in [-0.39, 0.29) is 6.61 Å². The number of nitrogens with zero attached hydrogens (tertiary/aromatic N) is 9. The fourth-order valence-electron chi connectivity index (χ4n) is 5.72. The van der Waals surface area contributed by atoms with E-state index in [2.05, 4.69) is 67.0 Å². The zero-order valence-corrected chi connectivity index (χ0v) is 27.2. The summed E-state index contributed by atoms with van der Waals surface area (Å²) in [5.41, 5.74) is 20.0. The Bertz CT molecular complexity index is 2170. The van der Waals surface area contributed by atoms with E-state index >= 15 is 0 Å². The molecule has 0 radical (unpaired) electrons. The van der Waals surface area contributed by atoms with E-state index in [9.17, 15) is 5.11 Å². The number of hydrogen-bond donors (Lipinski definition) is 1. The second kappa shape index (κ2) is 14.2. The predicted octanol–water partition coefficient (Wildman–Crippen LogP) is 7.89. The lowest BCUT2D eigenvalue weighted by molar-refractivity contribution is 0.282. The monoisotopic (exact) mass is 661 g/mol. The van der Waals surface area contributed by atoms with Crippen LogP contribution in [0.1, 0.15) is 16.7 Å². The minimum Gasteiger partial charge on any atom is -0.497 e. The number of aromatic nitrogens is 6. The molecule has 0 spiro atoms. The van der Waals surface area contributed by atoms with Crippen LogP contribution in [0.2, 0.25) is 0 Å². The number of methoxy groups -OCH3 is 2. The highest BCUT2D eigenvalue weighted by atomic mass is 16.5. The Kier molecular flexibility index (Phi) is 9.01. The molecule has 1 aliphatic rings. The van der Waals surface area contributed by atoms with Gasteiger partial charge in [0.1, 0.15) is 22.9 Å². The summed E-state index contributed by atoms with van der Waals surface area (Å²) in [5.74, 6) is 1.55. The standard InChI is InChI=1S/C31H24N6O2.C7H7N3O/c1-39-27-12-10-26(11-13-27)37-18-31(33-35-37)24-7-5-22-14-21-4-6-23(15-28(21)29(22)16-24)30-17-36(34-32-30)25-8-2-20(19-38)3-9-25;1-11-7-4-2-6(3-5-7)9-10-8/h2-13,15-18,38H,14,19H2,1H3;2-5H,1H3. The molecule has 1 aliphatic carbocycles. The van der Waals surface area contributed by atoms with Crippen LogP contribution in [0.25, 0.3) is 55.5 Å². The third-order valence-electron chi connectivity index (χ3n) is 8.42. The molecule has 246 valence electrons. The normalized spacial score (nSPS) is 11.1. The highest BCUT2D eigenvalue weighted by molar-refractivity contribution is 5.83.